The van der Waals surface area contributed by atoms with Gasteiger partial charge in [-0.05, 0) is 27.0 Å². The van der Waals surface area contributed by atoms with E-state index in [1.807, 2.05) is 17.8 Å². The molecule has 0 atom stereocenters. The van der Waals surface area contributed by atoms with E-state index < -0.39 is 0 Å². The minimum absolute atomic E-state index is 0.00636. The maximum absolute atomic E-state index is 11.2. The summed E-state index contributed by atoms with van der Waals surface area (Å²) >= 11 is 0. The number of hydrogen-bond donors (Lipinski definition) is 1. The third kappa shape index (κ3) is 3.09. The summed E-state index contributed by atoms with van der Waals surface area (Å²) in [6.45, 7) is 5.01. The lowest BCUT2D eigenvalue weighted by Gasteiger charge is -2.24. The summed E-state index contributed by atoms with van der Waals surface area (Å²) in [4.78, 5) is 11.2. The van der Waals surface area contributed by atoms with E-state index in [2.05, 4.69) is 23.9 Å². The van der Waals surface area contributed by atoms with Crippen molar-refractivity contribution in [1.29, 1.82) is 0 Å². The van der Waals surface area contributed by atoms with E-state index >= 15 is 0 Å². The van der Waals surface area contributed by atoms with Gasteiger partial charge >= 0.3 is 5.97 Å². The number of nitrogens with zero attached hydrogens (tertiary/aromatic N) is 1. The minimum Gasteiger partial charge on any atom is -0.465 e. The third-order valence-electron chi connectivity index (χ3n) is 2.43. The van der Waals surface area contributed by atoms with Crippen molar-refractivity contribution in [3.8, 4) is 0 Å². The van der Waals surface area contributed by atoms with Gasteiger partial charge in [0.1, 0.15) is 0 Å². The predicted octanol–water partition coefficient (Wildman–Crippen LogP) is 1.27. The molecule has 0 aliphatic rings. The zero-order valence-corrected chi connectivity index (χ0v) is 9.70. The molecule has 1 aromatic heterocycles. The predicted molar refractivity (Wildman–Crippen MR) is 58.9 cm³/mol. The molecular formula is C11H18N2O2. The zero-order chi connectivity index (χ0) is 11.5. The molecule has 0 bridgehead atoms. The number of methoxy groups -OCH3 is 1. The molecule has 0 saturated heterocycles. The standard InChI is InChI=1S/C11H18N2O2/c1-11(2,12-3)8-13-6-5-9(7-13)10(14)15-4/h5-7,12H,8H2,1-4H3. The third-order valence-corrected chi connectivity index (χ3v) is 2.43. The molecule has 0 unspecified atom stereocenters. The van der Waals surface area contributed by atoms with Crippen LogP contribution in [0.5, 0.6) is 0 Å². The first-order valence-electron chi connectivity index (χ1n) is 4.91. The summed E-state index contributed by atoms with van der Waals surface area (Å²) < 4.78 is 6.61. The fourth-order valence-corrected chi connectivity index (χ4v) is 1.31. The molecule has 1 N–H and O–H groups in total. The van der Waals surface area contributed by atoms with Gasteiger partial charge in [-0.25, -0.2) is 4.79 Å². The van der Waals surface area contributed by atoms with Crippen LogP contribution in [0.4, 0.5) is 0 Å². The molecule has 4 nitrogen and oxygen atoms in total. The first kappa shape index (κ1) is 11.8. The minimum atomic E-state index is -0.295. The Hall–Kier alpha value is -1.29. The quantitative estimate of drug-likeness (QED) is 0.761. The van der Waals surface area contributed by atoms with E-state index in [1.165, 1.54) is 7.11 Å². The molecule has 0 radical (unpaired) electrons. The number of nitrogens with one attached hydrogen (secondary N) is 1. The molecule has 0 aliphatic heterocycles. The Morgan fingerprint density at radius 3 is 2.80 bits per heavy atom. The Kier molecular flexibility index (Phi) is 3.52. The van der Waals surface area contributed by atoms with Gasteiger partial charge in [0.15, 0.2) is 0 Å². The summed E-state index contributed by atoms with van der Waals surface area (Å²) in [6.07, 6.45) is 3.68. The van der Waals surface area contributed by atoms with Crippen molar-refractivity contribution in [1.82, 2.24) is 9.88 Å². The smallest absolute Gasteiger partial charge is 0.339 e. The van der Waals surface area contributed by atoms with Crippen LogP contribution in [0.1, 0.15) is 24.2 Å². The van der Waals surface area contributed by atoms with Gasteiger partial charge in [-0.3, -0.25) is 0 Å². The van der Waals surface area contributed by atoms with Crippen molar-refractivity contribution in [2.75, 3.05) is 14.2 Å². The van der Waals surface area contributed by atoms with Gasteiger partial charge in [-0.15, -0.1) is 0 Å². The summed E-state index contributed by atoms with van der Waals surface area (Å²) in [7, 11) is 3.31. The molecule has 0 fully saturated rings. The van der Waals surface area contributed by atoms with Gasteiger partial charge in [-0.2, -0.15) is 0 Å². The molecule has 4 heteroatoms. The van der Waals surface area contributed by atoms with Crippen LogP contribution in [0.25, 0.3) is 0 Å². The van der Waals surface area contributed by atoms with Crippen molar-refractivity contribution < 1.29 is 9.53 Å². The average Bonchev–Trinajstić information content (AvgIpc) is 2.64. The number of ether oxygens (including phenoxy) is 1. The molecule has 1 aromatic rings. The van der Waals surface area contributed by atoms with Crippen molar-refractivity contribution >= 4 is 5.97 Å². The Bertz CT molecular complexity index is 342. The van der Waals surface area contributed by atoms with Gasteiger partial charge < -0.3 is 14.6 Å². The monoisotopic (exact) mass is 210 g/mol. The van der Waals surface area contributed by atoms with E-state index in [0.29, 0.717) is 5.56 Å². The zero-order valence-electron chi connectivity index (χ0n) is 9.70. The maximum atomic E-state index is 11.2. The number of carbonyl (C=O) groups is 1. The summed E-state index contributed by atoms with van der Waals surface area (Å²) in [5.41, 5.74) is 0.594. The number of hydrogen-bond acceptors (Lipinski definition) is 3. The molecule has 1 rings (SSSR count). The maximum Gasteiger partial charge on any atom is 0.339 e. The second-order valence-electron chi connectivity index (χ2n) is 4.20. The molecule has 15 heavy (non-hydrogen) atoms. The van der Waals surface area contributed by atoms with E-state index in [0.717, 1.165) is 6.54 Å². The van der Waals surface area contributed by atoms with Crippen LogP contribution in [0.3, 0.4) is 0 Å². The highest BCUT2D eigenvalue weighted by Crippen LogP contribution is 2.09. The van der Waals surface area contributed by atoms with Gasteiger partial charge in [-0.1, -0.05) is 0 Å². The Labute approximate surface area is 90.2 Å². The highest BCUT2D eigenvalue weighted by molar-refractivity contribution is 5.89. The fourth-order valence-electron chi connectivity index (χ4n) is 1.31. The lowest BCUT2D eigenvalue weighted by atomic mass is 10.1. The molecule has 0 spiro atoms. The first-order chi connectivity index (χ1) is 6.98. The summed E-state index contributed by atoms with van der Waals surface area (Å²) in [5.74, 6) is -0.295. The van der Waals surface area contributed by atoms with Crippen LogP contribution < -0.4 is 5.32 Å². The fraction of sp³-hybridized carbons (Fsp3) is 0.545. The van der Waals surface area contributed by atoms with E-state index in [9.17, 15) is 4.79 Å². The van der Waals surface area contributed by atoms with E-state index in [4.69, 9.17) is 0 Å². The summed E-state index contributed by atoms with van der Waals surface area (Å²) in [6, 6.07) is 1.76. The Morgan fingerprint density at radius 1 is 1.60 bits per heavy atom. The number of likely N-dealkylation sites (N-methyl/N-ethyl adjacent to an activating group) is 1. The van der Waals surface area contributed by atoms with Crippen molar-refractivity contribution in [3.05, 3.63) is 24.0 Å². The van der Waals surface area contributed by atoms with Gasteiger partial charge in [0.05, 0.1) is 12.7 Å². The van der Waals surface area contributed by atoms with Crippen molar-refractivity contribution in [2.24, 2.45) is 0 Å². The Balaban J connectivity index is 2.73. The Morgan fingerprint density at radius 2 is 2.27 bits per heavy atom. The highest BCUT2D eigenvalue weighted by atomic mass is 16.5. The molecule has 84 valence electrons. The number of aromatic nitrogens is 1. The van der Waals surface area contributed by atoms with Crippen LogP contribution in [0.15, 0.2) is 18.5 Å². The topological polar surface area (TPSA) is 43.3 Å². The van der Waals surface area contributed by atoms with Crippen LogP contribution >= 0.6 is 0 Å². The van der Waals surface area contributed by atoms with E-state index in [1.54, 1.807) is 12.3 Å². The molecule has 1 heterocycles. The van der Waals surface area contributed by atoms with Crippen molar-refractivity contribution in [3.63, 3.8) is 0 Å². The average molecular weight is 210 g/mol. The SMILES string of the molecule is CNC(C)(C)Cn1ccc(C(=O)OC)c1. The number of esters is 1. The normalized spacial score (nSPS) is 11.5. The molecule has 0 saturated carbocycles. The second kappa shape index (κ2) is 4.49. The van der Waals surface area contributed by atoms with E-state index in [-0.39, 0.29) is 11.5 Å². The van der Waals surface area contributed by atoms with Gasteiger partial charge in [0.25, 0.3) is 0 Å². The second-order valence-corrected chi connectivity index (χ2v) is 4.20. The van der Waals surface area contributed by atoms with Gasteiger partial charge in [0, 0.05) is 24.5 Å². The number of carbonyl (C=O) groups excluding carboxylic acids is 1. The van der Waals surface area contributed by atoms with Crippen LogP contribution in [-0.2, 0) is 11.3 Å². The summed E-state index contributed by atoms with van der Waals surface area (Å²) in [5, 5.41) is 3.21. The van der Waals surface area contributed by atoms with Crippen LogP contribution in [0, 0.1) is 0 Å². The highest BCUT2D eigenvalue weighted by Gasteiger charge is 2.16. The molecule has 0 aromatic carbocycles. The van der Waals surface area contributed by atoms with Crippen LogP contribution in [-0.4, -0.2) is 30.2 Å². The lowest BCUT2D eigenvalue weighted by Crippen LogP contribution is -2.40. The molecular weight excluding hydrogens is 192 g/mol. The first-order valence-corrected chi connectivity index (χ1v) is 4.91. The number of rotatable bonds is 4. The molecule has 0 amide bonds. The van der Waals surface area contributed by atoms with Gasteiger partial charge in [0.2, 0.25) is 0 Å². The van der Waals surface area contributed by atoms with Crippen molar-refractivity contribution in [2.45, 2.75) is 25.9 Å². The lowest BCUT2D eigenvalue weighted by molar-refractivity contribution is 0.0600. The van der Waals surface area contributed by atoms with Crippen LogP contribution in [0.2, 0.25) is 0 Å². The largest absolute Gasteiger partial charge is 0.465 e. The molecule has 0 aliphatic carbocycles.